The number of thioether (sulfide) groups is 1. The van der Waals surface area contributed by atoms with Gasteiger partial charge in [0, 0.05) is 23.8 Å². The first kappa shape index (κ1) is 40.6. The summed E-state index contributed by atoms with van der Waals surface area (Å²) in [5, 5.41) is 12.8. The first-order valence-corrected chi connectivity index (χ1v) is 21.9. The third-order valence-electron chi connectivity index (χ3n) is 11.4. The normalized spacial score (nSPS) is 28.2. The third kappa shape index (κ3) is 8.83. The zero-order valence-electron chi connectivity index (χ0n) is 32.0. The van der Waals surface area contributed by atoms with Gasteiger partial charge in [0.1, 0.15) is 17.6 Å². The SMILES string of the molecule is C=C[C@@H]1C[C@]1(NC(=O)[C@@H]1C[C@@]2(c3ccc(-c4ccccc4)cc3)CN1C(=O)[C@@H](N(C(=O)O)C(C)(C)C)CCCCCC/C=C\CS2)C(=O)NS(=O)(=O)C1CC1. The zero-order valence-corrected chi connectivity index (χ0v) is 33.7. The number of nitrogens with one attached hydrogen (secondary N) is 2. The highest BCUT2D eigenvalue weighted by Crippen LogP contribution is 2.50. The molecule has 55 heavy (non-hydrogen) atoms. The van der Waals surface area contributed by atoms with Crippen molar-refractivity contribution in [1.29, 1.82) is 0 Å². The number of carbonyl (C=O) groups excluding carboxylic acids is 3. The van der Waals surface area contributed by atoms with Gasteiger partial charge in [0.05, 0.1) is 10.00 Å². The van der Waals surface area contributed by atoms with Crippen molar-refractivity contribution in [3.63, 3.8) is 0 Å². The topological polar surface area (TPSA) is 153 Å². The van der Waals surface area contributed by atoms with E-state index in [-0.39, 0.29) is 19.4 Å². The van der Waals surface area contributed by atoms with Crippen LogP contribution < -0.4 is 10.0 Å². The van der Waals surface area contributed by atoms with Crippen LogP contribution in [0.1, 0.15) is 90.5 Å². The number of fused-ring (bicyclic) bond motifs is 2. The predicted molar refractivity (Wildman–Crippen MR) is 216 cm³/mol. The summed E-state index contributed by atoms with van der Waals surface area (Å²) in [5.74, 6) is -1.75. The molecule has 3 N–H and O–H groups in total. The highest BCUT2D eigenvalue weighted by atomic mass is 32.2. The number of carboxylic acid groups (broad SMARTS) is 1. The molecule has 13 heteroatoms. The van der Waals surface area contributed by atoms with Crippen LogP contribution in [0, 0.1) is 5.92 Å². The minimum atomic E-state index is -3.90. The Balaban J connectivity index is 1.41. The van der Waals surface area contributed by atoms with E-state index in [2.05, 4.69) is 28.8 Å². The molecule has 4 amide bonds. The molecule has 2 aromatic carbocycles. The van der Waals surface area contributed by atoms with Gasteiger partial charge >= 0.3 is 6.09 Å². The van der Waals surface area contributed by atoms with Crippen LogP contribution in [0.25, 0.3) is 11.1 Å². The van der Waals surface area contributed by atoms with E-state index in [1.54, 1.807) is 32.5 Å². The molecule has 0 spiro atoms. The second-order valence-corrected chi connectivity index (χ2v) is 19.8. The Kier molecular flexibility index (Phi) is 11.9. The van der Waals surface area contributed by atoms with Crippen molar-refractivity contribution in [2.24, 2.45) is 5.92 Å². The fourth-order valence-corrected chi connectivity index (χ4v) is 10.9. The number of carbonyl (C=O) groups is 4. The van der Waals surface area contributed by atoms with Crippen LogP contribution in [0.3, 0.4) is 0 Å². The minimum absolute atomic E-state index is 0.126. The van der Waals surface area contributed by atoms with Gasteiger partial charge in [0.25, 0.3) is 5.91 Å². The van der Waals surface area contributed by atoms with Crippen molar-refractivity contribution in [2.45, 2.75) is 118 Å². The van der Waals surface area contributed by atoms with Gasteiger partial charge in [-0.3, -0.25) is 24.0 Å². The zero-order chi connectivity index (χ0) is 39.6. The monoisotopic (exact) mass is 790 g/mol. The van der Waals surface area contributed by atoms with Crippen LogP contribution in [0.5, 0.6) is 0 Å². The molecule has 5 atom stereocenters. The van der Waals surface area contributed by atoms with Crippen LogP contribution in [-0.4, -0.2) is 87.8 Å². The van der Waals surface area contributed by atoms with Crippen molar-refractivity contribution < 1.29 is 32.7 Å². The van der Waals surface area contributed by atoms with E-state index in [0.29, 0.717) is 31.4 Å². The first-order valence-electron chi connectivity index (χ1n) is 19.4. The standard InChI is InChI=1S/C42H54N4O7S2/c1-5-31-26-42(31,38(49)44-55(52,53)33-23-24-33)43-36(47)35-27-41(32-21-19-30(20-22-32)29-16-12-11-13-17-29)28-45(35)37(48)34(46(39(50)51)40(2,3)4)18-14-9-7-6-8-10-15-25-54-41/h5,10-13,15-17,19-22,31,33-35H,1,6-9,14,18,23-28H2,2-4H3,(H,43,47)(H,44,49)(H,50,51)/b15-10-/t31-,34+,35+,41+,42-/m1/s1. The van der Waals surface area contributed by atoms with Crippen LogP contribution in [0.15, 0.2) is 79.4 Å². The largest absolute Gasteiger partial charge is 0.465 e. The number of rotatable bonds is 9. The molecule has 4 aliphatic rings. The Hall–Kier alpha value is -4.10. The molecule has 296 valence electrons. The van der Waals surface area contributed by atoms with Gasteiger partial charge in [0.15, 0.2) is 0 Å². The Morgan fingerprint density at radius 3 is 2.24 bits per heavy atom. The quantitative estimate of drug-likeness (QED) is 0.240. The highest BCUT2D eigenvalue weighted by Gasteiger charge is 2.62. The van der Waals surface area contributed by atoms with Crippen LogP contribution in [0.4, 0.5) is 4.79 Å². The average Bonchev–Trinajstić information content (AvgIpc) is 4.08. The van der Waals surface area contributed by atoms with Crippen LogP contribution in [-0.2, 0) is 29.2 Å². The number of nitrogens with zero attached hydrogens (tertiary/aromatic N) is 2. The maximum atomic E-state index is 15.1. The maximum absolute atomic E-state index is 15.1. The Bertz CT molecular complexity index is 1910. The molecule has 11 nitrogen and oxygen atoms in total. The molecule has 3 fully saturated rings. The number of hydrogen-bond acceptors (Lipinski definition) is 7. The fraction of sp³-hybridized carbons (Fsp3) is 0.524. The van der Waals surface area contributed by atoms with Crippen molar-refractivity contribution in [3.8, 4) is 11.1 Å². The van der Waals surface area contributed by atoms with Gasteiger partial charge in [-0.25, -0.2) is 13.2 Å². The van der Waals surface area contributed by atoms with E-state index in [1.165, 1.54) is 15.9 Å². The van der Waals surface area contributed by atoms with Crippen LogP contribution in [0.2, 0.25) is 0 Å². The molecule has 0 radical (unpaired) electrons. The molecular formula is C42H54N4O7S2. The van der Waals surface area contributed by atoms with E-state index >= 15 is 4.79 Å². The van der Waals surface area contributed by atoms with Crippen molar-refractivity contribution in [3.05, 3.63) is 85.0 Å². The van der Waals surface area contributed by atoms with Gasteiger partial charge < -0.3 is 15.3 Å². The number of hydrogen-bond donors (Lipinski definition) is 3. The van der Waals surface area contributed by atoms with Crippen molar-refractivity contribution in [1.82, 2.24) is 19.8 Å². The molecule has 2 aliphatic carbocycles. The van der Waals surface area contributed by atoms with Gasteiger partial charge in [-0.1, -0.05) is 92.1 Å². The number of amides is 4. The summed E-state index contributed by atoms with van der Waals surface area (Å²) in [6.07, 6.45) is 10.5. The summed E-state index contributed by atoms with van der Waals surface area (Å²) in [5.41, 5.74) is 0.531. The maximum Gasteiger partial charge on any atom is 0.408 e. The summed E-state index contributed by atoms with van der Waals surface area (Å²) in [7, 11) is -3.90. The summed E-state index contributed by atoms with van der Waals surface area (Å²) < 4.78 is 27.1. The summed E-state index contributed by atoms with van der Waals surface area (Å²) >= 11 is 1.64. The predicted octanol–water partition coefficient (Wildman–Crippen LogP) is 6.61. The molecule has 2 saturated carbocycles. The lowest BCUT2D eigenvalue weighted by atomic mass is 9.93. The highest BCUT2D eigenvalue weighted by molar-refractivity contribution is 8.00. The lowest BCUT2D eigenvalue weighted by Gasteiger charge is -2.41. The first-order chi connectivity index (χ1) is 26.1. The van der Waals surface area contributed by atoms with Gasteiger partial charge in [-0.15, -0.1) is 18.3 Å². The van der Waals surface area contributed by atoms with Gasteiger partial charge in [-0.2, -0.15) is 0 Å². The number of sulfonamides is 1. The van der Waals surface area contributed by atoms with E-state index < -0.39 is 72.9 Å². The Morgan fingerprint density at radius 2 is 1.62 bits per heavy atom. The molecule has 2 heterocycles. The lowest BCUT2D eigenvalue weighted by Crippen LogP contribution is -2.60. The molecule has 0 aromatic heterocycles. The average molecular weight is 791 g/mol. The summed E-state index contributed by atoms with van der Waals surface area (Å²) in [6.45, 7) is 9.25. The minimum Gasteiger partial charge on any atom is -0.465 e. The molecular weight excluding hydrogens is 737 g/mol. The second kappa shape index (κ2) is 16.2. The second-order valence-electron chi connectivity index (χ2n) is 16.4. The molecule has 1 saturated heterocycles. The summed E-state index contributed by atoms with van der Waals surface area (Å²) in [6, 6.07) is 16.0. The van der Waals surface area contributed by atoms with Crippen molar-refractivity contribution in [2.75, 3.05) is 12.3 Å². The molecule has 2 aromatic rings. The number of benzene rings is 2. The van der Waals surface area contributed by atoms with Crippen LogP contribution >= 0.6 is 11.8 Å². The molecule has 2 aliphatic heterocycles. The smallest absolute Gasteiger partial charge is 0.408 e. The number of allylic oxidation sites excluding steroid dienone is 1. The fourth-order valence-electron chi connectivity index (χ4n) is 8.14. The van der Waals surface area contributed by atoms with Crippen molar-refractivity contribution >= 4 is 45.6 Å². The summed E-state index contributed by atoms with van der Waals surface area (Å²) in [4.78, 5) is 59.2. The Labute approximate surface area is 329 Å². The van der Waals surface area contributed by atoms with E-state index in [1.807, 2.05) is 54.6 Å². The molecule has 6 rings (SSSR count). The van der Waals surface area contributed by atoms with E-state index in [9.17, 15) is 27.9 Å². The third-order valence-corrected chi connectivity index (χ3v) is 14.7. The molecule has 2 bridgehead atoms. The van der Waals surface area contributed by atoms with E-state index in [0.717, 1.165) is 42.4 Å². The van der Waals surface area contributed by atoms with Gasteiger partial charge in [0.2, 0.25) is 21.8 Å². The Morgan fingerprint density at radius 1 is 0.945 bits per heavy atom. The van der Waals surface area contributed by atoms with E-state index in [4.69, 9.17) is 0 Å². The molecule has 0 unspecified atom stereocenters. The van der Waals surface area contributed by atoms with Gasteiger partial charge in [-0.05, 0) is 82.4 Å². The lowest BCUT2D eigenvalue weighted by molar-refractivity contribution is -0.144.